The Kier molecular flexibility index (Phi) is 5.66. The van der Waals surface area contributed by atoms with Crippen molar-refractivity contribution in [3.63, 3.8) is 0 Å². The zero-order valence-corrected chi connectivity index (χ0v) is 13.9. The Labute approximate surface area is 130 Å². The molecule has 1 aliphatic rings. The second-order valence-electron chi connectivity index (χ2n) is 5.72. The quantitative estimate of drug-likeness (QED) is 0.818. The minimum absolute atomic E-state index is 0.505. The summed E-state index contributed by atoms with van der Waals surface area (Å²) in [4.78, 5) is 2.49. The predicted molar refractivity (Wildman–Crippen MR) is 88.4 cm³/mol. The van der Waals surface area contributed by atoms with E-state index in [1.54, 1.807) is 0 Å². The lowest BCUT2D eigenvalue weighted by Gasteiger charge is -2.27. The Bertz CT molecular complexity index is 392. The number of nitrogens with zero attached hydrogens (tertiary/aromatic N) is 1. The zero-order chi connectivity index (χ0) is 13.7. The van der Waals surface area contributed by atoms with Crippen LogP contribution < -0.4 is 0 Å². The van der Waals surface area contributed by atoms with Gasteiger partial charge in [-0.25, -0.2) is 0 Å². The first-order valence-corrected chi connectivity index (χ1v) is 8.38. The fourth-order valence-corrected chi connectivity index (χ4v) is 3.29. The van der Waals surface area contributed by atoms with Gasteiger partial charge in [0.2, 0.25) is 0 Å². The van der Waals surface area contributed by atoms with Crippen molar-refractivity contribution < 1.29 is 5.11 Å². The van der Waals surface area contributed by atoms with E-state index in [9.17, 15) is 5.11 Å². The maximum absolute atomic E-state index is 10.8. The van der Waals surface area contributed by atoms with E-state index in [0.29, 0.717) is 0 Å². The first-order valence-electron chi connectivity index (χ1n) is 7.30. The third kappa shape index (κ3) is 4.72. The van der Waals surface area contributed by atoms with Crippen LogP contribution in [0.15, 0.2) is 24.3 Å². The van der Waals surface area contributed by atoms with Crippen LogP contribution in [0.25, 0.3) is 0 Å². The fraction of sp³-hybridized carbons (Fsp3) is 0.625. The lowest BCUT2D eigenvalue weighted by atomic mass is 9.88. The lowest BCUT2D eigenvalue weighted by Crippen LogP contribution is -2.33. The molecule has 1 N–H and O–H groups in total. The fourth-order valence-electron chi connectivity index (χ4n) is 2.93. The van der Waals surface area contributed by atoms with E-state index in [4.69, 9.17) is 0 Å². The third-order valence-electron chi connectivity index (χ3n) is 4.00. The van der Waals surface area contributed by atoms with Gasteiger partial charge in [0, 0.05) is 16.5 Å². The van der Waals surface area contributed by atoms with Gasteiger partial charge in [-0.3, -0.25) is 0 Å². The molecule has 0 aromatic heterocycles. The summed E-state index contributed by atoms with van der Waals surface area (Å²) in [6.45, 7) is 5.57. The summed E-state index contributed by atoms with van der Waals surface area (Å²) in [5.74, 6) is 0. The van der Waals surface area contributed by atoms with Crippen molar-refractivity contribution in [2.45, 2.75) is 44.6 Å². The molecule has 0 aliphatic carbocycles. The molecule has 1 atom stereocenters. The van der Waals surface area contributed by atoms with E-state index in [2.05, 4.69) is 58.7 Å². The molecule has 2 rings (SSSR count). The number of likely N-dealkylation sites (tertiary alicyclic amines) is 1. The number of aliphatic hydroxyl groups is 1. The average Bonchev–Trinajstić information content (AvgIpc) is 2.56. The van der Waals surface area contributed by atoms with Crippen molar-refractivity contribution in [1.82, 2.24) is 4.90 Å². The van der Waals surface area contributed by atoms with Crippen LogP contribution >= 0.6 is 22.6 Å². The number of hydrogen-bond acceptors (Lipinski definition) is 2. The molecule has 0 spiro atoms. The second-order valence-corrected chi connectivity index (χ2v) is 6.97. The highest BCUT2D eigenvalue weighted by molar-refractivity contribution is 14.1. The molecule has 0 bridgehead atoms. The van der Waals surface area contributed by atoms with Crippen LogP contribution in [0.5, 0.6) is 0 Å². The molecule has 106 valence electrons. The Balaban J connectivity index is 1.96. The summed E-state index contributed by atoms with van der Waals surface area (Å²) in [7, 11) is 0. The van der Waals surface area contributed by atoms with E-state index >= 15 is 0 Å². The molecule has 1 aliphatic heterocycles. The van der Waals surface area contributed by atoms with Crippen LogP contribution in [0.3, 0.4) is 0 Å². The standard InChI is InChI=1S/C16H24INO/c1-2-10-18-11-3-8-16(19,9-12-18)13-14-4-6-15(17)7-5-14/h4-7,19H,2-3,8-13H2,1H3. The van der Waals surface area contributed by atoms with Gasteiger partial charge in [0.1, 0.15) is 0 Å². The van der Waals surface area contributed by atoms with Crippen molar-refractivity contribution in [2.24, 2.45) is 0 Å². The SMILES string of the molecule is CCCN1CCCC(O)(Cc2ccc(I)cc2)CC1. The molecule has 1 heterocycles. The van der Waals surface area contributed by atoms with Gasteiger partial charge in [0.15, 0.2) is 0 Å². The molecule has 0 radical (unpaired) electrons. The minimum atomic E-state index is -0.505. The highest BCUT2D eigenvalue weighted by Crippen LogP contribution is 2.26. The molecule has 2 nitrogen and oxygen atoms in total. The molecule has 0 saturated carbocycles. The van der Waals surface area contributed by atoms with E-state index in [0.717, 1.165) is 38.8 Å². The molecule has 1 unspecified atom stereocenters. The summed E-state index contributed by atoms with van der Waals surface area (Å²) in [5.41, 5.74) is 0.752. The summed E-state index contributed by atoms with van der Waals surface area (Å²) in [6, 6.07) is 8.54. The van der Waals surface area contributed by atoms with Crippen LogP contribution in [-0.4, -0.2) is 35.2 Å². The topological polar surface area (TPSA) is 23.5 Å². The van der Waals surface area contributed by atoms with Crippen LogP contribution in [0.4, 0.5) is 0 Å². The minimum Gasteiger partial charge on any atom is -0.389 e. The van der Waals surface area contributed by atoms with E-state index < -0.39 is 5.60 Å². The molecule has 1 fully saturated rings. The molecule has 1 aromatic rings. The number of halogens is 1. The van der Waals surface area contributed by atoms with E-state index in [1.807, 2.05) is 0 Å². The Hall–Kier alpha value is -0.130. The van der Waals surface area contributed by atoms with Crippen molar-refractivity contribution >= 4 is 22.6 Å². The predicted octanol–water partition coefficient (Wildman–Crippen LogP) is 3.46. The van der Waals surface area contributed by atoms with E-state index in [-0.39, 0.29) is 0 Å². The van der Waals surface area contributed by atoms with Gasteiger partial charge in [-0.1, -0.05) is 19.1 Å². The van der Waals surface area contributed by atoms with Crippen LogP contribution in [0.1, 0.15) is 38.2 Å². The van der Waals surface area contributed by atoms with Crippen LogP contribution in [0.2, 0.25) is 0 Å². The Morgan fingerprint density at radius 1 is 1.21 bits per heavy atom. The smallest absolute Gasteiger partial charge is 0.0700 e. The molecule has 19 heavy (non-hydrogen) atoms. The van der Waals surface area contributed by atoms with Crippen molar-refractivity contribution in [3.05, 3.63) is 33.4 Å². The second kappa shape index (κ2) is 7.04. The highest BCUT2D eigenvalue weighted by atomic mass is 127. The first kappa shape index (κ1) is 15.3. The average molecular weight is 373 g/mol. The summed E-state index contributed by atoms with van der Waals surface area (Å²) < 4.78 is 1.25. The van der Waals surface area contributed by atoms with Gasteiger partial charge in [0.25, 0.3) is 0 Å². The maximum atomic E-state index is 10.8. The van der Waals surface area contributed by atoms with Crippen LogP contribution in [-0.2, 0) is 6.42 Å². The number of hydrogen-bond donors (Lipinski definition) is 1. The van der Waals surface area contributed by atoms with Crippen LogP contribution in [0, 0.1) is 3.57 Å². The van der Waals surface area contributed by atoms with Crippen molar-refractivity contribution in [1.29, 1.82) is 0 Å². The largest absolute Gasteiger partial charge is 0.389 e. The molecule has 1 aromatic carbocycles. The number of benzene rings is 1. The van der Waals surface area contributed by atoms with Crippen molar-refractivity contribution in [3.8, 4) is 0 Å². The molecule has 1 saturated heterocycles. The highest BCUT2D eigenvalue weighted by Gasteiger charge is 2.30. The van der Waals surface area contributed by atoms with Crippen molar-refractivity contribution in [2.75, 3.05) is 19.6 Å². The van der Waals surface area contributed by atoms with Gasteiger partial charge in [-0.15, -0.1) is 0 Å². The molecule has 0 amide bonds. The Morgan fingerprint density at radius 3 is 2.63 bits per heavy atom. The number of rotatable bonds is 4. The molecular weight excluding hydrogens is 349 g/mol. The van der Waals surface area contributed by atoms with Gasteiger partial charge in [-0.05, 0) is 79.1 Å². The Morgan fingerprint density at radius 2 is 1.95 bits per heavy atom. The van der Waals surface area contributed by atoms with Gasteiger partial charge < -0.3 is 10.0 Å². The third-order valence-corrected chi connectivity index (χ3v) is 4.72. The van der Waals surface area contributed by atoms with Gasteiger partial charge in [0.05, 0.1) is 5.60 Å². The monoisotopic (exact) mass is 373 g/mol. The molecular formula is C16H24INO. The lowest BCUT2D eigenvalue weighted by molar-refractivity contribution is 0.0257. The summed E-state index contributed by atoms with van der Waals surface area (Å²) >= 11 is 2.32. The van der Waals surface area contributed by atoms with Gasteiger partial charge >= 0.3 is 0 Å². The maximum Gasteiger partial charge on any atom is 0.0700 e. The zero-order valence-electron chi connectivity index (χ0n) is 11.7. The summed E-state index contributed by atoms with van der Waals surface area (Å²) in [5, 5.41) is 10.8. The molecule has 3 heteroatoms. The first-order chi connectivity index (χ1) is 9.11. The normalized spacial score (nSPS) is 25.2. The van der Waals surface area contributed by atoms with E-state index in [1.165, 1.54) is 22.1 Å². The van der Waals surface area contributed by atoms with Gasteiger partial charge in [-0.2, -0.15) is 0 Å². The summed E-state index contributed by atoms with van der Waals surface area (Å²) in [6.07, 6.45) is 4.94.